The van der Waals surface area contributed by atoms with Crippen LogP contribution >= 0.6 is 0 Å². The second-order valence-electron chi connectivity index (χ2n) is 6.41. The molecule has 0 bridgehead atoms. The van der Waals surface area contributed by atoms with E-state index in [-0.39, 0.29) is 5.91 Å². The highest BCUT2D eigenvalue weighted by Crippen LogP contribution is 2.20. The number of ether oxygens (including phenoxy) is 1. The Morgan fingerprint density at radius 3 is 2.59 bits per heavy atom. The summed E-state index contributed by atoms with van der Waals surface area (Å²) in [5.41, 5.74) is 3.88. The monoisotopic (exact) mass is 366 g/mol. The van der Waals surface area contributed by atoms with Crippen LogP contribution in [0, 0.1) is 13.8 Å². The van der Waals surface area contributed by atoms with Crippen molar-refractivity contribution in [3.8, 4) is 5.69 Å². The van der Waals surface area contributed by atoms with E-state index < -0.39 is 5.97 Å². The van der Waals surface area contributed by atoms with Crippen molar-refractivity contribution >= 4 is 11.9 Å². The first-order chi connectivity index (χ1) is 12.9. The molecule has 0 saturated heterocycles. The molecule has 0 radical (unpaired) electrons. The molecule has 140 valence electrons. The molecular formula is C20H22N4O3. The first-order valence-electron chi connectivity index (χ1n) is 8.54. The zero-order valence-electron chi connectivity index (χ0n) is 15.8. The topological polar surface area (TPSA) is 80.2 Å². The molecular weight excluding hydrogens is 344 g/mol. The van der Waals surface area contributed by atoms with E-state index >= 15 is 0 Å². The second-order valence-corrected chi connectivity index (χ2v) is 6.41. The molecule has 0 aliphatic rings. The number of methoxy groups -OCH3 is 1. The molecule has 0 fully saturated rings. The fraction of sp³-hybridized carbons (Fsp3) is 0.250. The number of nitrogens with zero attached hydrogens (tertiary/aromatic N) is 3. The van der Waals surface area contributed by atoms with Gasteiger partial charge in [0.2, 0.25) is 0 Å². The van der Waals surface area contributed by atoms with Crippen molar-refractivity contribution in [2.75, 3.05) is 14.2 Å². The lowest BCUT2D eigenvalue weighted by Crippen LogP contribution is -2.27. The number of aromatic nitrogens is 3. The van der Waals surface area contributed by atoms with Gasteiger partial charge in [0, 0.05) is 31.0 Å². The van der Waals surface area contributed by atoms with Crippen molar-refractivity contribution in [1.29, 1.82) is 0 Å². The van der Waals surface area contributed by atoms with Crippen LogP contribution in [0.5, 0.6) is 0 Å². The fourth-order valence-corrected chi connectivity index (χ4v) is 3.07. The lowest BCUT2D eigenvalue weighted by atomic mass is 10.1. The molecule has 3 aromatic rings. The Morgan fingerprint density at radius 2 is 1.93 bits per heavy atom. The molecule has 7 nitrogen and oxygen atoms in total. The van der Waals surface area contributed by atoms with Crippen molar-refractivity contribution < 1.29 is 14.3 Å². The van der Waals surface area contributed by atoms with Gasteiger partial charge in [-0.1, -0.05) is 18.2 Å². The van der Waals surface area contributed by atoms with Crippen LogP contribution in [0.1, 0.15) is 37.7 Å². The van der Waals surface area contributed by atoms with Gasteiger partial charge in [-0.25, -0.2) is 9.48 Å². The van der Waals surface area contributed by atoms with Gasteiger partial charge < -0.3 is 14.6 Å². The number of rotatable bonds is 5. The third-order valence-corrected chi connectivity index (χ3v) is 4.46. The zero-order chi connectivity index (χ0) is 19.6. The molecule has 0 saturated carbocycles. The van der Waals surface area contributed by atoms with Crippen LogP contribution in [0.2, 0.25) is 0 Å². The van der Waals surface area contributed by atoms with Gasteiger partial charge in [0.25, 0.3) is 5.91 Å². The molecule has 0 atom stereocenters. The number of aromatic amines is 1. The molecule has 2 heterocycles. The fourth-order valence-electron chi connectivity index (χ4n) is 3.07. The van der Waals surface area contributed by atoms with E-state index in [0.29, 0.717) is 29.1 Å². The van der Waals surface area contributed by atoms with Gasteiger partial charge in [0.15, 0.2) is 0 Å². The normalized spacial score (nSPS) is 10.7. The lowest BCUT2D eigenvalue weighted by Gasteiger charge is -2.16. The summed E-state index contributed by atoms with van der Waals surface area (Å²) in [7, 11) is 3.04. The average molecular weight is 366 g/mol. The number of para-hydroxylation sites is 1. The van der Waals surface area contributed by atoms with Crippen molar-refractivity contribution in [2.24, 2.45) is 0 Å². The molecule has 1 aromatic carbocycles. The largest absolute Gasteiger partial charge is 0.465 e. The Balaban J connectivity index is 1.77. The summed E-state index contributed by atoms with van der Waals surface area (Å²) in [4.78, 5) is 29.4. The van der Waals surface area contributed by atoms with Gasteiger partial charge in [-0.2, -0.15) is 5.10 Å². The van der Waals surface area contributed by atoms with Crippen LogP contribution in [0.3, 0.4) is 0 Å². The summed E-state index contributed by atoms with van der Waals surface area (Å²) >= 11 is 0. The molecule has 0 spiro atoms. The maximum atomic E-state index is 12.8. The Morgan fingerprint density at radius 1 is 1.22 bits per heavy atom. The first kappa shape index (κ1) is 18.4. The Hall–Kier alpha value is -3.35. The van der Waals surface area contributed by atoms with Crippen molar-refractivity contribution in [1.82, 2.24) is 19.7 Å². The molecule has 0 aliphatic heterocycles. The molecule has 0 aliphatic carbocycles. The van der Waals surface area contributed by atoms with E-state index in [1.54, 1.807) is 36.7 Å². The van der Waals surface area contributed by atoms with Crippen LogP contribution in [0.25, 0.3) is 5.69 Å². The number of benzene rings is 1. The highest BCUT2D eigenvalue weighted by molar-refractivity contribution is 6.00. The molecule has 1 N–H and O–H groups in total. The molecule has 2 aromatic heterocycles. The van der Waals surface area contributed by atoms with Crippen LogP contribution in [0.4, 0.5) is 0 Å². The summed E-state index contributed by atoms with van der Waals surface area (Å²) in [6.07, 6.45) is 3.63. The maximum absolute atomic E-state index is 12.8. The lowest BCUT2D eigenvalue weighted by molar-refractivity contribution is 0.0599. The smallest absolute Gasteiger partial charge is 0.339 e. The minimum atomic E-state index is -0.452. The number of H-pyrrole nitrogens is 1. The van der Waals surface area contributed by atoms with Crippen LogP contribution < -0.4 is 0 Å². The van der Waals surface area contributed by atoms with E-state index in [1.165, 1.54) is 7.11 Å². The van der Waals surface area contributed by atoms with Crippen molar-refractivity contribution in [2.45, 2.75) is 20.4 Å². The number of hydrogen-bond donors (Lipinski definition) is 1. The van der Waals surface area contributed by atoms with Crippen molar-refractivity contribution in [3.05, 3.63) is 70.8 Å². The van der Waals surface area contributed by atoms with E-state index in [9.17, 15) is 9.59 Å². The number of carbonyl (C=O) groups excluding carboxylic acids is 2. The molecule has 0 unspecified atom stereocenters. The summed E-state index contributed by atoms with van der Waals surface area (Å²) in [6, 6.07) is 9.77. The van der Waals surface area contributed by atoms with Gasteiger partial charge in [-0.15, -0.1) is 0 Å². The Bertz CT molecular complexity index is 973. The van der Waals surface area contributed by atoms with Gasteiger partial charge in [-0.05, 0) is 31.5 Å². The minimum absolute atomic E-state index is 0.196. The SMILES string of the molecule is COC(=O)c1c(C)[nH]c(C(=O)N(C)Cc2cnn(-c3ccccc3)c2)c1C. The van der Waals surface area contributed by atoms with Gasteiger partial charge in [0.05, 0.1) is 24.6 Å². The van der Waals surface area contributed by atoms with E-state index in [2.05, 4.69) is 10.1 Å². The summed E-state index contributed by atoms with van der Waals surface area (Å²) in [5, 5.41) is 4.35. The van der Waals surface area contributed by atoms with Gasteiger partial charge in [-0.3, -0.25) is 4.79 Å². The number of amides is 1. The highest BCUT2D eigenvalue weighted by Gasteiger charge is 2.24. The van der Waals surface area contributed by atoms with Gasteiger partial charge in [0.1, 0.15) is 5.69 Å². The molecule has 27 heavy (non-hydrogen) atoms. The second kappa shape index (κ2) is 7.49. The molecule has 7 heteroatoms. The number of hydrogen-bond acceptors (Lipinski definition) is 4. The highest BCUT2D eigenvalue weighted by atomic mass is 16.5. The number of esters is 1. The van der Waals surface area contributed by atoms with Gasteiger partial charge >= 0.3 is 5.97 Å². The quantitative estimate of drug-likeness (QED) is 0.704. The van der Waals surface area contributed by atoms with E-state index in [4.69, 9.17) is 4.74 Å². The average Bonchev–Trinajstić information content (AvgIpc) is 3.25. The minimum Gasteiger partial charge on any atom is -0.465 e. The summed E-state index contributed by atoms with van der Waals surface area (Å²) in [5.74, 6) is -0.648. The Kier molecular flexibility index (Phi) is 5.12. The number of aryl methyl sites for hydroxylation is 1. The van der Waals surface area contributed by atoms with E-state index in [0.717, 1.165) is 11.3 Å². The summed E-state index contributed by atoms with van der Waals surface area (Å²) < 4.78 is 6.57. The molecule has 1 amide bonds. The van der Waals surface area contributed by atoms with Crippen LogP contribution in [-0.4, -0.2) is 45.7 Å². The third kappa shape index (κ3) is 3.62. The molecule has 3 rings (SSSR count). The Labute approximate surface area is 157 Å². The first-order valence-corrected chi connectivity index (χ1v) is 8.54. The van der Waals surface area contributed by atoms with E-state index in [1.807, 2.05) is 36.5 Å². The number of carbonyl (C=O) groups is 2. The van der Waals surface area contributed by atoms with Crippen LogP contribution in [-0.2, 0) is 11.3 Å². The maximum Gasteiger partial charge on any atom is 0.339 e. The standard InChI is InChI=1S/C20H22N4O3/c1-13-17(20(26)27-4)14(2)22-18(13)19(25)23(3)11-15-10-21-24(12-15)16-8-6-5-7-9-16/h5-10,12,22H,11H2,1-4H3. The zero-order valence-corrected chi connectivity index (χ0v) is 15.8. The third-order valence-electron chi connectivity index (χ3n) is 4.46. The summed E-state index contributed by atoms with van der Waals surface area (Å²) in [6.45, 7) is 3.89. The number of nitrogens with one attached hydrogen (secondary N) is 1. The van der Waals surface area contributed by atoms with Crippen LogP contribution in [0.15, 0.2) is 42.7 Å². The van der Waals surface area contributed by atoms with Crippen molar-refractivity contribution in [3.63, 3.8) is 0 Å². The predicted octanol–water partition coefficient (Wildman–Crippen LogP) is 2.88. The predicted molar refractivity (Wildman–Crippen MR) is 101 cm³/mol.